The number of carbonyl (C=O) groups excluding carboxylic acids is 2. The van der Waals surface area contributed by atoms with Crippen LogP contribution in [0.3, 0.4) is 0 Å². The Bertz CT molecular complexity index is 587. The summed E-state index contributed by atoms with van der Waals surface area (Å²) in [6.45, 7) is 2.42. The van der Waals surface area contributed by atoms with Crippen molar-refractivity contribution in [3.8, 4) is 0 Å². The lowest BCUT2D eigenvalue weighted by atomic mass is 10.0. The van der Waals surface area contributed by atoms with Gasteiger partial charge in [-0.05, 0) is 24.1 Å². The van der Waals surface area contributed by atoms with Crippen LogP contribution in [0.2, 0.25) is 0 Å². The summed E-state index contributed by atoms with van der Waals surface area (Å²) in [5.74, 6) is -0.299. The summed E-state index contributed by atoms with van der Waals surface area (Å²) in [7, 11) is 0. The van der Waals surface area contributed by atoms with Crippen LogP contribution in [0.5, 0.6) is 0 Å². The maximum Gasteiger partial charge on any atom is 0.416 e. The highest BCUT2D eigenvalue weighted by Crippen LogP contribution is 2.31. The number of alkyl halides is 3. The van der Waals surface area contributed by atoms with Crippen molar-refractivity contribution in [3.63, 3.8) is 0 Å². The molecule has 0 spiro atoms. The van der Waals surface area contributed by atoms with E-state index >= 15 is 0 Å². The van der Waals surface area contributed by atoms with Crippen LogP contribution in [0.25, 0.3) is 0 Å². The Hall–Kier alpha value is -2.05. The van der Waals surface area contributed by atoms with Gasteiger partial charge in [-0.2, -0.15) is 13.2 Å². The molecule has 1 saturated heterocycles. The third-order valence-corrected chi connectivity index (χ3v) is 3.85. The molecule has 23 heavy (non-hydrogen) atoms. The molecule has 2 rings (SSSR count). The number of likely N-dealkylation sites (tertiary alicyclic amines) is 1. The number of hydrogen-bond acceptors (Lipinski definition) is 2. The summed E-state index contributed by atoms with van der Waals surface area (Å²) in [5.41, 5.74) is -0.417. The van der Waals surface area contributed by atoms with E-state index in [1.54, 1.807) is 11.8 Å². The molecule has 0 bridgehead atoms. The zero-order valence-corrected chi connectivity index (χ0v) is 12.8. The molecule has 4 nitrogen and oxygen atoms in total. The minimum Gasteiger partial charge on any atom is -0.348 e. The van der Waals surface area contributed by atoms with Gasteiger partial charge in [-0.1, -0.05) is 19.1 Å². The van der Waals surface area contributed by atoms with E-state index in [4.69, 9.17) is 0 Å². The first kappa shape index (κ1) is 17.3. The molecule has 0 saturated carbocycles. The van der Waals surface area contributed by atoms with Gasteiger partial charge in [0.25, 0.3) is 0 Å². The van der Waals surface area contributed by atoms with E-state index in [2.05, 4.69) is 5.32 Å². The topological polar surface area (TPSA) is 49.4 Å². The SMILES string of the molecule is CCC(=O)N[C@@H](CN1CCCC1=O)c1cccc(C(F)(F)F)c1. The predicted octanol–water partition coefficient (Wildman–Crippen LogP) is 2.90. The lowest BCUT2D eigenvalue weighted by molar-refractivity contribution is -0.137. The lowest BCUT2D eigenvalue weighted by Gasteiger charge is -2.25. The fourth-order valence-corrected chi connectivity index (χ4v) is 2.58. The third kappa shape index (κ3) is 4.46. The van der Waals surface area contributed by atoms with Crippen molar-refractivity contribution >= 4 is 11.8 Å². The Balaban J connectivity index is 2.25. The first-order valence-electron chi connectivity index (χ1n) is 7.55. The van der Waals surface area contributed by atoms with Gasteiger partial charge in [0.15, 0.2) is 0 Å². The van der Waals surface area contributed by atoms with Gasteiger partial charge in [0.1, 0.15) is 0 Å². The summed E-state index contributed by atoms with van der Waals surface area (Å²) in [6, 6.07) is 4.22. The minimum atomic E-state index is -4.45. The molecule has 7 heteroatoms. The van der Waals surface area contributed by atoms with Crippen LogP contribution in [-0.4, -0.2) is 29.8 Å². The number of carbonyl (C=O) groups is 2. The maximum absolute atomic E-state index is 12.9. The maximum atomic E-state index is 12.9. The Morgan fingerprint density at radius 2 is 2.13 bits per heavy atom. The van der Waals surface area contributed by atoms with Crippen molar-refractivity contribution in [2.75, 3.05) is 13.1 Å². The van der Waals surface area contributed by atoms with Crippen LogP contribution in [0, 0.1) is 0 Å². The van der Waals surface area contributed by atoms with Crippen molar-refractivity contribution in [3.05, 3.63) is 35.4 Å². The molecule has 0 aliphatic carbocycles. The largest absolute Gasteiger partial charge is 0.416 e. The Morgan fingerprint density at radius 1 is 1.39 bits per heavy atom. The normalized spacial score (nSPS) is 16.5. The molecule has 0 radical (unpaired) electrons. The molecule has 0 aromatic heterocycles. The van der Waals surface area contributed by atoms with Crippen molar-refractivity contribution in [2.45, 2.75) is 38.4 Å². The Labute approximate surface area is 132 Å². The van der Waals surface area contributed by atoms with Gasteiger partial charge in [0.2, 0.25) is 11.8 Å². The average Bonchev–Trinajstić information content (AvgIpc) is 2.91. The quantitative estimate of drug-likeness (QED) is 0.903. The molecule has 2 amide bonds. The summed E-state index contributed by atoms with van der Waals surface area (Å²) in [4.78, 5) is 25.0. The zero-order chi connectivity index (χ0) is 17.0. The Kier molecular flexibility index (Phi) is 5.28. The van der Waals surface area contributed by atoms with E-state index in [0.29, 0.717) is 18.5 Å². The fourth-order valence-electron chi connectivity index (χ4n) is 2.58. The fraction of sp³-hybridized carbons (Fsp3) is 0.500. The van der Waals surface area contributed by atoms with Crippen LogP contribution < -0.4 is 5.32 Å². The van der Waals surface area contributed by atoms with Crippen LogP contribution in [0.15, 0.2) is 24.3 Å². The molecule has 1 fully saturated rings. The molecule has 1 aliphatic rings. The standard InChI is InChI=1S/C16H19F3N2O2/c1-2-14(22)20-13(10-21-8-4-7-15(21)23)11-5-3-6-12(9-11)16(17,18)19/h3,5-6,9,13H,2,4,7-8,10H2,1H3,(H,20,22)/t13-/m0/s1. The zero-order valence-electron chi connectivity index (χ0n) is 12.8. The highest BCUT2D eigenvalue weighted by atomic mass is 19.4. The van der Waals surface area contributed by atoms with Crippen molar-refractivity contribution in [2.24, 2.45) is 0 Å². The van der Waals surface area contributed by atoms with Crippen molar-refractivity contribution in [1.82, 2.24) is 10.2 Å². The van der Waals surface area contributed by atoms with E-state index in [0.717, 1.165) is 18.6 Å². The highest BCUT2D eigenvalue weighted by Gasteiger charge is 2.32. The predicted molar refractivity (Wildman–Crippen MR) is 78.4 cm³/mol. The molecular weight excluding hydrogens is 309 g/mol. The molecule has 1 aromatic rings. The summed E-state index contributed by atoms with van der Waals surface area (Å²) >= 11 is 0. The second-order valence-corrected chi connectivity index (χ2v) is 5.54. The van der Waals surface area contributed by atoms with Gasteiger partial charge in [-0.3, -0.25) is 9.59 Å². The molecule has 1 aromatic carbocycles. The average molecular weight is 328 g/mol. The van der Waals surface area contributed by atoms with Crippen LogP contribution >= 0.6 is 0 Å². The summed E-state index contributed by atoms with van der Waals surface area (Å²) in [6.07, 6.45) is -3.05. The van der Waals surface area contributed by atoms with Crippen LogP contribution in [0.4, 0.5) is 13.2 Å². The van der Waals surface area contributed by atoms with Gasteiger partial charge >= 0.3 is 6.18 Å². The van der Waals surface area contributed by atoms with E-state index in [1.165, 1.54) is 12.1 Å². The Morgan fingerprint density at radius 3 is 2.70 bits per heavy atom. The summed E-state index contributed by atoms with van der Waals surface area (Å²) < 4.78 is 38.6. The lowest BCUT2D eigenvalue weighted by Crippen LogP contribution is -2.38. The van der Waals surface area contributed by atoms with Gasteiger partial charge < -0.3 is 10.2 Å². The van der Waals surface area contributed by atoms with Crippen LogP contribution in [0.1, 0.15) is 43.4 Å². The smallest absolute Gasteiger partial charge is 0.348 e. The molecule has 1 aliphatic heterocycles. The number of benzene rings is 1. The van der Waals surface area contributed by atoms with Crippen molar-refractivity contribution in [1.29, 1.82) is 0 Å². The van der Waals surface area contributed by atoms with Crippen LogP contribution in [-0.2, 0) is 15.8 Å². The van der Waals surface area contributed by atoms with E-state index in [-0.39, 0.29) is 24.8 Å². The van der Waals surface area contributed by atoms with E-state index in [1.807, 2.05) is 0 Å². The number of nitrogens with one attached hydrogen (secondary N) is 1. The third-order valence-electron chi connectivity index (χ3n) is 3.85. The number of amides is 2. The monoisotopic (exact) mass is 328 g/mol. The second-order valence-electron chi connectivity index (χ2n) is 5.54. The molecule has 1 atom stereocenters. The minimum absolute atomic E-state index is 0.0345. The number of rotatable bonds is 5. The summed E-state index contributed by atoms with van der Waals surface area (Å²) in [5, 5.41) is 2.71. The first-order valence-corrected chi connectivity index (χ1v) is 7.55. The molecule has 1 heterocycles. The molecule has 0 unspecified atom stereocenters. The molecular formula is C16H19F3N2O2. The first-order chi connectivity index (χ1) is 10.8. The number of nitrogens with zero attached hydrogens (tertiary/aromatic N) is 1. The van der Waals surface area contributed by atoms with Gasteiger partial charge in [-0.15, -0.1) is 0 Å². The molecule has 126 valence electrons. The van der Waals surface area contributed by atoms with E-state index < -0.39 is 17.8 Å². The highest BCUT2D eigenvalue weighted by molar-refractivity contribution is 5.78. The van der Waals surface area contributed by atoms with Gasteiger partial charge in [0, 0.05) is 25.9 Å². The van der Waals surface area contributed by atoms with Crippen molar-refractivity contribution < 1.29 is 22.8 Å². The number of halogens is 3. The van der Waals surface area contributed by atoms with E-state index in [9.17, 15) is 22.8 Å². The van der Waals surface area contributed by atoms with Gasteiger partial charge in [0.05, 0.1) is 11.6 Å². The molecule has 1 N–H and O–H groups in total. The second kappa shape index (κ2) is 7.02. The number of hydrogen-bond donors (Lipinski definition) is 1. The van der Waals surface area contributed by atoms with Gasteiger partial charge in [-0.25, -0.2) is 0 Å².